The van der Waals surface area contributed by atoms with E-state index in [4.69, 9.17) is 0 Å². The van der Waals surface area contributed by atoms with Gasteiger partial charge in [0.05, 0.1) is 25.2 Å². The van der Waals surface area contributed by atoms with Gasteiger partial charge in [-0.25, -0.2) is 0 Å². The molecular weight excluding hydrogens is 404 g/mol. The van der Waals surface area contributed by atoms with Crippen LogP contribution in [0, 0.1) is 18.8 Å². The lowest BCUT2D eigenvalue weighted by Crippen LogP contribution is -2.68. The lowest BCUT2D eigenvalue weighted by Gasteiger charge is -2.58. The number of nitrogens with zero attached hydrogens (tertiary/aromatic N) is 2. The molecule has 0 amide bonds. The van der Waals surface area contributed by atoms with Crippen molar-refractivity contribution in [2.45, 2.75) is 51.2 Å². The molecule has 4 heterocycles. The number of unbranched alkanes of at least 4 members (excludes halogenated alkanes) is 1. The largest absolute Gasteiger partial charge is 0.382 e. The molecule has 172 valence electrons. The van der Waals surface area contributed by atoms with E-state index in [1.165, 1.54) is 36.9 Å². The minimum absolute atomic E-state index is 0.255. The van der Waals surface area contributed by atoms with E-state index in [-0.39, 0.29) is 6.04 Å². The maximum absolute atomic E-state index is 11.8. The second kappa shape index (κ2) is 9.40. The van der Waals surface area contributed by atoms with E-state index in [2.05, 4.69) is 61.0 Å². The van der Waals surface area contributed by atoms with Gasteiger partial charge >= 0.3 is 0 Å². The van der Waals surface area contributed by atoms with Crippen LogP contribution in [0.15, 0.2) is 73.4 Å². The van der Waals surface area contributed by atoms with Gasteiger partial charge in [-0.1, -0.05) is 54.1 Å². The molecule has 0 radical (unpaired) electrons. The predicted octanol–water partition coefficient (Wildman–Crippen LogP) is 6.01. The number of fused-ring (bicyclic) bond motifs is 4. The lowest BCUT2D eigenvalue weighted by atomic mass is 9.71. The molecule has 5 atom stereocenters. The van der Waals surface area contributed by atoms with Crippen molar-refractivity contribution in [3.05, 3.63) is 90.1 Å². The molecule has 3 aliphatic rings. The number of para-hydroxylation sites is 1. The maximum atomic E-state index is 11.8. The Bertz CT molecular complexity index is 1100. The molecule has 3 aromatic rings. The molecule has 4 unspecified atom stereocenters. The molecule has 0 aliphatic carbocycles. The highest BCUT2D eigenvalue weighted by atomic mass is 16.3. The van der Waals surface area contributed by atoms with Crippen LogP contribution in [0.2, 0.25) is 0 Å². The van der Waals surface area contributed by atoms with Gasteiger partial charge < -0.3 is 9.59 Å². The fourth-order valence-electron chi connectivity index (χ4n) is 6.58. The maximum Gasteiger partial charge on any atom is 0.131 e. The first kappa shape index (κ1) is 22.3. The van der Waals surface area contributed by atoms with Crippen LogP contribution in [-0.2, 0) is 6.42 Å². The number of hydrogen-bond acceptors (Lipinski definition) is 2. The first-order valence-corrected chi connectivity index (χ1v) is 12.7. The van der Waals surface area contributed by atoms with Crippen LogP contribution in [-0.4, -0.2) is 40.2 Å². The molecule has 33 heavy (non-hydrogen) atoms. The molecule has 2 bridgehead atoms. The number of aliphatic hydroxyl groups is 1. The predicted molar refractivity (Wildman–Crippen MR) is 136 cm³/mol. The second-order valence-corrected chi connectivity index (χ2v) is 10.4. The van der Waals surface area contributed by atoms with Gasteiger partial charge in [0.1, 0.15) is 12.1 Å². The summed E-state index contributed by atoms with van der Waals surface area (Å²) >= 11 is 0. The van der Waals surface area contributed by atoms with Crippen LogP contribution in [0.5, 0.6) is 0 Å². The summed E-state index contributed by atoms with van der Waals surface area (Å²) in [4.78, 5) is 4.53. The molecule has 3 heteroatoms. The number of pyridine rings is 1. The van der Waals surface area contributed by atoms with Crippen LogP contribution in [0.3, 0.4) is 0 Å². The van der Waals surface area contributed by atoms with Crippen LogP contribution in [0.4, 0.5) is 0 Å². The van der Waals surface area contributed by atoms with Gasteiger partial charge in [-0.05, 0) is 55.4 Å². The zero-order valence-electron chi connectivity index (χ0n) is 19.9. The zero-order valence-corrected chi connectivity index (χ0v) is 19.9. The van der Waals surface area contributed by atoms with E-state index in [0.29, 0.717) is 11.8 Å². The van der Waals surface area contributed by atoms with Gasteiger partial charge in [-0.15, -0.1) is 6.58 Å². The number of benzene rings is 2. The van der Waals surface area contributed by atoms with Gasteiger partial charge in [0, 0.05) is 30.3 Å². The van der Waals surface area contributed by atoms with Crippen LogP contribution < -0.4 is 0 Å². The van der Waals surface area contributed by atoms with E-state index in [1.807, 2.05) is 24.4 Å². The third-order valence-corrected chi connectivity index (χ3v) is 8.48. The van der Waals surface area contributed by atoms with Gasteiger partial charge in [0.15, 0.2) is 0 Å². The minimum Gasteiger partial charge on any atom is -0.382 e. The third-order valence-electron chi connectivity index (χ3n) is 8.48. The lowest BCUT2D eigenvalue weighted by molar-refractivity contribution is -0.973. The molecule has 3 fully saturated rings. The Hall–Kier alpha value is -2.49. The number of piperidine rings is 3. The quantitative estimate of drug-likeness (QED) is 0.264. The van der Waals surface area contributed by atoms with Gasteiger partial charge in [0.25, 0.3) is 0 Å². The Kier molecular flexibility index (Phi) is 6.36. The standard InChI is InChI=1S/C30H37N2O/c1-3-24-21-32(18-7-6-8-23-13-11-22(2)12-14-23)19-16-25(24)20-29(32)30(33)27-15-17-31-28-10-5-4-9-26(27)28/h3-5,9-15,17,24-25,29-30,33H,1,6-8,16,18-21H2,2H3/q+1/t24?,25?,29?,30-,32?/m0/s1. The fourth-order valence-corrected chi connectivity index (χ4v) is 6.58. The summed E-state index contributed by atoms with van der Waals surface area (Å²) in [5.41, 5.74) is 4.77. The SMILES string of the molecule is C=CC1C[N+]2(CCCCc3ccc(C)cc3)CCC1CC2[C@@H](O)c1ccnc2ccccc12. The molecule has 0 saturated carbocycles. The summed E-state index contributed by atoms with van der Waals surface area (Å²) in [5, 5.41) is 12.9. The molecule has 1 aromatic heterocycles. The first-order valence-electron chi connectivity index (χ1n) is 12.7. The van der Waals surface area contributed by atoms with Gasteiger partial charge in [-0.3, -0.25) is 4.98 Å². The van der Waals surface area contributed by atoms with Crippen LogP contribution in [0.25, 0.3) is 10.9 Å². The minimum atomic E-state index is -0.455. The molecule has 1 N–H and O–H groups in total. The molecule has 3 aliphatic heterocycles. The number of quaternary nitrogens is 1. The average Bonchev–Trinajstić information content (AvgIpc) is 2.87. The smallest absolute Gasteiger partial charge is 0.131 e. The summed E-state index contributed by atoms with van der Waals surface area (Å²) in [6.07, 6.45) is 9.47. The Morgan fingerprint density at radius 3 is 2.76 bits per heavy atom. The van der Waals surface area contributed by atoms with Crippen molar-refractivity contribution in [3.63, 3.8) is 0 Å². The van der Waals surface area contributed by atoms with Gasteiger partial charge in [0.2, 0.25) is 0 Å². The van der Waals surface area contributed by atoms with Crippen molar-refractivity contribution in [3.8, 4) is 0 Å². The number of aliphatic hydroxyl groups excluding tert-OH is 1. The monoisotopic (exact) mass is 441 g/mol. The summed E-state index contributed by atoms with van der Waals surface area (Å²) in [7, 11) is 0. The highest BCUT2D eigenvalue weighted by molar-refractivity contribution is 5.82. The van der Waals surface area contributed by atoms with Crippen LogP contribution >= 0.6 is 0 Å². The van der Waals surface area contributed by atoms with E-state index < -0.39 is 6.10 Å². The number of rotatable bonds is 8. The van der Waals surface area contributed by atoms with Crippen molar-refractivity contribution in [2.24, 2.45) is 11.8 Å². The van der Waals surface area contributed by atoms with E-state index in [9.17, 15) is 5.11 Å². The zero-order chi connectivity index (χ0) is 22.8. The van der Waals surface area contributed by atoms with Crippen LogP contribution in [0.1, 0.15) is 48.5 Å². The second-order valence-electron chi connectivity index (χ2n) is 10.4. The third kappa shape index (κ3) is 4.37. The van der Waals surface area contributed by atoms with Crippen molar-refractivity contribution in [1.82, 2.24) is 4.98 Å². The van der Waals surface area contributed by atoms with Crippen molar-refractivity contribution in [1.29, 1.82) is 0 Å². The number of aryl methyl sites for hydroxylation is 2. The summed E-state index contributed by atoms with van der Waals surface area (Å²) in [6, 6.07) is 19.5. The molecular formula is C30H37N2O+. The van der Waals surface area contributed by atoms with E-state index in [1.54, 1.807) is 0 Å². The molecule has 6 rings (SSSR count). The normalized spacial score (nSPS) is 27.5. The highest BCUT2D eigenvalue weighted by Crippen LogP contribution is 2.47. The summed E-state index contributed by atoms with van der Waals surface area (Å²) in [6.45, 7) is 9.77. The molecule has 3 nitrogen and oxygen atoms in total. The van der Waals surface area contributed by atoms with Crippen molar-refractivity contribution >= 4 is 10.9 Å². The number of hydrogen-bond donors (Lipinski definition) is 1. The topological polar surface area (TPSA) is 33.1 Å². The molecule has 2 aromatic carbocycles. The fraction of sp³-hybridized carbons (Fsp3) is 0.433. The Morgan fingerprint density at radius 2 is 1.94 bits per heavy atom. The Morgan fingerprint density at radius 1 is 1.12 bits per heavy atom. The van der Waals surface area contributed by atoms with Crippen molar-refractivity contribution in [2.75, 3.05) is 19.6 Å². The average molecular weight is 442 g/mol. The van der Waals surface area contributed by atoms with Crippen molar-refractivity contribution < 1.29 is 9.59 Å². The highest BCUT2D eigenvalue weighted by Gasteiger charge is 2.53. The van der Waals surface area contributed by atoms with Gasteiger partial charge in [-0.2, -0.15) is 0 Å². The summed E-state index contributed by atoms with van der Waals surface area (Å²) < 4.78 is 1.04. The number of aromatic nitrogens is 1. The van der Waals surface area contributed by atoms with E-state index in [0.717, 1.165) is 46.9 Å². The summed E-state index contributed by atoms with van der Waals surface area (Å²) in [5.74, 6) is 1.23. The first-order chi connectivity index (χ1) is 16.1. The molecule has 0 spiro atoms. The Labute approximate surface area is 198 Å². The van der Waals surface area contributed by atoms with E-state index >= 15 is 0 Å². The molecule has 3 saturated heterocycles. The Balaban J connectivity index is 1.36.